The number of carboxylic acid groups (broad SMARTS) is 1. The van der Waals surface area contributed by atoms with Crippen molar-refractivity contribution in [3.05, 3.63) is 0 Å². The van der Waals surface area contributed by atoms with E-state index in [2.05, 4.69) is 0 Å². The van der Waals surface area contributed by atoms with Crippen molar-refractivity contribution in [2.45, 2.75) is 13.1 Å². The van der Waals surface area contributed by atoms with E-state index >= 15 is 0 Å². The Morgan fingerprint density at radius 1 is 1.33 bits per heavy atom. The number of amides is 2. The Balaban J connectivity index is 3.72. The molecule has 2 amide bonds. The minimum absolute atomic E-state index is 0.223. The third-order valence-corrected chi connectivity index (χ3v) is 1.44. The molecule has 0 fully saturated rings. The third-order valence-electron chi connectivity index (χ3n) is 1.44. The van der Waals surface area contributed by atoms with Gasteiger partial charge < -0.3 is 15.7 Å². The van der Waals surface area contributed by atoms with Gasteiger partial charge in [-0.05, 0) is 0 Å². The van der Waals surface area contributed by atoms with E-state index in [9.17, 15) is 22.8 Å². The van der Waals surface area contributed by atoms with E-state index in [0.29, 0.717) is 0 Å². The second-order valence-corrected chi connectivity index (χ2v) is 2.92. The van der Waals surface area contributed by atoms with Crippen LogP contribution in [0.3, 0.4) is 0 Å². The molecule has 0 aliphatic carbocycles. The van der Waals surface area contributed by atoms with E-state index in [1.165, 1.54) is 6.92 Å². The van der Waals surface area contributed by atoms with E-state index in [4.69, 9.17) is 5.11 Å². The van der Waals surface area contributed by atoms with Crippen LogP contribution in [0.5, 0.6) is 0 Å². The molecule has 0 aromatic rings. The van der Waals surface area contributed by atoms with Crippen LogP contribution in [0, 0.1) is 5.92 Å². The van der Waals surface area contributed by atoms with Crippen LogP contribution in [0.4, 0.5) is 18.0 Å². The van der Waals surface area contributed by atoms with Gasteiger partial charge in [-0.25, -0.2) is 4.79 Å². The summed E-state index contributed by atoms with van der Waals surface area (Å²) in [6.07, 6.45) is -4.48. The fourth-order valence-electron chi connectivity index (χ4n) is 0.576. The molecule has 0 aliphatic heterocycles. The third kappa shape index (κ3) is 7.59. The standard InChI is InChI=1S/C7H11F3N2O3/c1-4(5(13)14)2-11-6(15)12-3-7(8,9)10/h4H,2-3H2,1H3,(H,13,14)(H2,11,12,15). The van der Waals surface area contributed by atoms with Gasteiger partial charge in [-0.3, -0.25) is 4.79 Å². The molecule has 0 aromatic carbocycles. The first-order valence-electron chi connectivity index (χ1n) is 4.03. The highest BCUT2D eigenvalue weighted by Gasteiger charge is 2.27. The molecule has 0 radical (unpaired) electrons. The quantitative estimate of drug-likeness (QED) is 0.658. The number of urea groups is 1. The van der Waals surface area contributed by atoms with Crippen LogP contribution in [0.15, 0.2) is 0 Å². The molecule has 0 aromatic heterocycles. The Labute approximate surface area is 83.6 Å². The molecule has 0 aliphatic rings. The van der Waals surface area contributed by atoms with Gasteiger partial charge in [-0.1, -0.05) is 6.92 Å². The molecule has 1 unspecified atom stereocenters. The molecule has 0 heterocycles. The topological polar surface area (TPSA) is 78.4 Å². The monoisotopic (exact) mass is 228 g/mol. The number of rotatable bonds is 4. The highest BCUT2D eigenvalue weighted by molar-refractivity contribution is 5.75. The summed E-state index contributed by atoms with van der Waals surface area (Å²) in [5, 5.41) is 12.0. The van der Waals surface area contributed by atoms with E-state index in [-0.39, 0.29) is 6.54 Å². The maximum atomic E-state index is 11.6. The molecule has 1 atom stereocenters. The van der Waals surface area contributed by atoms with Gasteiger partial charge in [-0.2, -0.15) is 13.2 Å². The zero-order chi connectivity index (χ0) is 12.1. The summed E-state index contributed by atoms with van der Waals surface area (Å²) in [5.41, 5.74) is 0. The van der Waals surface area contributed by atoms with Gasteiger partial charge in [-0.15, -0.1) is 0 Å². The van der Waals surface area contributed by atoms with Crippen LogP contribution >= 0.6 is 0 Å². The summed E-state index contributed by atoms with van der Waals surface area (Å²) in [5.74, 6) is -1.98. The first-order valence-corrected chi connectivity index (χ1v) is 4.03. The lowest BCUT2D eigenvalue weighted by Crippen LogP contribution is -2.42. The number of aliphatic carboxylic acids is 1. The Kier molecular flexibility index (Phi) is 4.89. The average molecular weight is 228 g/mol. The van der Waals surface area contributed by atoms with Crippen LogP contribution in [-0.2, 0) is 4.79 Å². The van der Waals surface area contributed by atoms with Crippen molar-refractivity contribution >= 4 is 12.0 Å². The summed E-state index contributed by atoms with van der Waals surface area (Å²) in [7, 11) is 0. The largest absolute Gasteiger partial charge is 0.481 e. The zero-order valence-corrected chi connectivity index (χ0v) is 7.89. The van der Waals surface area contributed by atoms with Gasteiger partial charge in [0.1, 0.15) is 6.54 Å². The smallest absolute Gasteiger partial charge is 0.405 e. The lowest BCUT2D eigenvalue weighted by atomic mass is 10.2. The highest BCUT2D eigenvalue weighted by Crippen LogP contribution is 2.11. The summed E-state index contributed by atoms with van der Waals surface area (Å²) in [6, 6.07) is -1.04. The molecule has 0 rings (SSSR count). The van der Waals surface area contributed by atoms with Crippen LogP contribution in [-0.4, -0.2) is 36.4 Å². The molecule has 0 bridgehead atoms. The molecular weight excluding hydrogens is 217 g/mol. The van der Waals surface area contributed by atoms with Crippen molar-refractivity contribution in [1.82, 2.24) is 10.6 Å². The number of nitrogens with one attached hydrogen (secondary N) is 2. The van der Waals surface area contributed by atoms with Gasteiger partial charge in [0.25, 0.3) is 0 Å². The Bertz CT molecular complexity index is 242. The van der Waals surface area contributed by atoms with Crippen molar-refractivity contribution in [1.29, 1.82) is 0 Å². The number of alkyl halides is 3. The fraction of sp³-hybridized carbons (Fsp3) is 0.714. The van der Waals surface area contributed by atoms with E-state index in [0.717, 1.165) is 0 Å². The maximum absolute atomic E-state index is 11.6. The average Bonchev–Trinajstić information content (AvgIpc) is 2.09. The number of carbonyl (C=O) groups is 2. The molecule has 0 saturated heterocycles. The molecule has 0 saturated carbocycles. The molecule has 8 heteroatoms. The summed E-state index contributed by atoms with van der Waals surface area (Å²) >= 11 is 0. The van der Waals surface area contributed by atoms with Gasteiger partial charge in [0.05, 0.1) is 5.92 Å². The van der Waals surface area contributed by atoms with Gasteiger partial charge in [0, 0.05) is 6.54 Å². The number of carboxylic acids is 1. The molecular formula is C7H11F3N2O3. The van der Waals surface area contributed by atoms with E-state index in [1.807, 2.05) is 5.32 Å². The molecule has 3 N–H and O–H groups in total. The predicted molar refractivity (Wildman–Crippen MR) is 44.3 cm³/mol. The van der Waals surface area contributed by atoms with E-state index in [1.54, 1.807) is 5.32 Å². The summed E-state index contributed by atoms with van der Waals surface area (Å²) < 4.78 is 34.8. The molecule has 0 spiro atoms. The van der Waals surface area contributed by atoms with Crippen LogP contribution in [0.1, 0.15) is 6.92 Å². The van der Waals surface area contributed by atoms with E-state index < -0.39 is 30.6 Å². The first-order chi connectivity index (χ1) is 6.72. The van der Waals surface area contributed by atoms with Crippen LogP contribution in [0.25, 0.3) is 0 Å². The minimum atomic E-state index is -4.48. The number of carbonyl (C=O) groups excluding carboxylic acids is 1. The lowest BCUT2D eigenvalue weighted by Gasteiger charge is -2.11. The first kappa shape index (κ1) is 13.5. The lowest BCUT2D eigenvalue weighted by molar-refractivity contribution is -0.140. The summed E-state index contributed by atoms with van der Waals surface area (Å²) in [6.45, 7) is -0.342. The van der Waals surface area contributed by atoms with Crippen LogP contribution < -0.4 is 10.6 Å². The minimum Gasteiger partial charge on any atom is -0.481 e. The Morgan fingerprint density at radius 2 is 1.87 bits per heavy atom. The fourth-order valence-corrected chi connectivity index (χ4v) is 0.576. The van der Waals surface area contributed by atoms with Gasteiger partial charge in [0.15, 0.2) is 0 Å². The Morgan fingerprint density at radius 3 is 2.27 bits per heavy atom. The maximum Gasteiger partial charge on any atom is 0.405 e. The van der Waals surface area contributed by atoms with Crippen molar-refractivity contribution < 1.29 is 27.9 Å². The predicted octanol–water partition coefficient (Wildman–Crippen LogP) is 0.569. The van der Waals surface area contributed by atoms with Crippen molar-refractivity contribution in [3.63, 3.8) is 0 Å². The molecule has 5 nitrogen and oxygen atoms in total. The van der Waals surface area contributed by atoms with Crippen molar-refractivity contribution in [2.24, 2.45) is 5.92 Å². The number of hydrogen-bond donors (Lipinski definition) is 3. The summed E-state index contributed by atoms with van der Waals surface area (Å²) in [4.78, 5) is 21.0. The SMILES string of the molecule is CC(CNC(=O)NCC(F)(F)F)C(=O)O. The van der Waals surface area contributed by atoms with Crippen molar-refractivity contribution in [2.75, 3.05) is 13.1 Å². The second-order valence-electron chi connectivity index (χ2n) is 2.92. The van der Waals surface area contributed by atoms with Crippen molar-refractivity contribution in [3.8, 4) is 0 Å². The number of hydrogen-bond acceptors (Lipinski definition) is 2. The zero-order valence-electron chi connectivity index (χ0n) is 7.89. The second kappa shape index (κ2) is 5.42. The highest BCUT2D eigenvalue weighted by atomic mass is 19.4. The number of halogens is 3. The van der Waals surface area contributed by atoms with Crippen LogP contribution in [0.2, 0.25) is 0 Å². The molecule has 88 valence electrons. The Hall–Kier alpha value is -1.47. The normalized spacial score (nSPS) is 13.1. The van der Waals surface area contributed by atoms with Gasteiger partial charge >= 0.3 is 18.2 Å². The molecule has 15 heavy (non-hydrogen) atoms. The van der Waals surface area contributed by atoms with Gasteiger partial charge in [0.2, 0.25) is 0 Å².